The third-order valence-electron chi connectivity index (χ3n) is 4.46. The van der Waals surface area contributed by atoms with Crippen molar-refractivity contribution in [3.05, 3.63) is 34.9 Å². The molecule has 2 rings (SSSR count). The first-order valence-electron chi connectivity index (χ1n) is 7.17. The minimum absolute atomic E-state index is 0.0501. The minimum Gasteiger partial charge on any atom is -0.310 e. The molecule has 0 spiro atoms. The predicted octanol–water partition coefficient (Wildman–Crippen LogP) is 4.50. The van der Waals surface area contributed by atoms with E-state index in [4.69, 9.17) is 0 Å². The van der Waals surface area contributed by atoms with Gasteiger partial charge in [0.1, 0.15) is 11.6 Å². The van der Waals surface area contributed by atoms with Gasteiger partial charge in [0.25, 0.3) is 0 Å². The monoisotopic (exact) mass is 267 g/mol. The summed E-state index contributed by atoms with van der Waals surface area (Å²) in [5, 5.41) is 3.31. The van der Waals surface area contributed by atoms with Gasteiger partial charge in [0, 0.05) is 11.6 Å². The number of nitrogens with one attached hydrogen (secondary N) is 1. The van der Waals surface area contributed by atoms with E-state index in [9.17, 15) is 8.78 Å². The summed E-state index contributed by atoms with van der Waals surface area (Å²) >= 11 is 0. The van der Waals surface area contributed by atoms with E-state index < -0.39 is 5.82 Å². The maximum Gasteiger partial charge on any atom is 0.133 e. The molecule has 0 saturated heterocycles. The minimum atomic E-state index is -0.429. The molecule has 1 aromatic carbocycles. The molecule has 19 heavy (non-hydrogen) atoms. The van der Waals surface area contributed by atoms with Crippen molar-refractivity contribution in [1.82, 2.24) is 5.32 Å². The van der Waals surface area contributed by atoms with Crippen LogP contribution in [0.4, 0.5) is 8.78 Å². The Morgan fingerprint density at radius 2 is 1.89 bits per heavy atom. The molecule has 1 atom stereocenters. The van der Waals surface area contributed by atoms with Crippen LogP contribution in [0.25, 0.3) is 0 Å². The average molecular weight is 267 g/mol. The van der Waals surface area contributed by atoms with E-state index in [2.05, 4.69) is 12.2 Å². The zero-order valence-corrected chi connectivity index (χ0v) is 12.0. The van der Waals surface area contributed by atoms with E-state index in [1.54, 1.807) is 6.92 Å². The zero-order chi connectivity index (χ0) is 14.0. The average Bonchev–Trinajstić information content (AvgIpc) is 2.81. The molecule has 1 saturated carbocycles. The highest BCUT2D eigenvalue weighted by molar-refractivity contribution is 5.31. The van der Waals surface area contributed by atoms with Gasteiger partial charge in [-0.3, -0.25) is 0 Å². The van der Waals surface area contributed by atoms with Crippen LogP contribution in [0.5, 0.6) is 0 Å². The summed E-state index contributed by atoms with van der Waals surface area (Å²) in [6.07, 6.45) is 4.34. The van der Waals surface area contributed by atoms with Crippen LogP contribution in [-0.2, 0) is 0 Å². The fraction of sp³-hybridized carbons (Fsp3) is 0.625. The number of rotatable bonds is 4. The smallest absolute Gasteiger partial charge is 0.133 e. The van der Waals surface area contributed by atoms with Crippen molar-refractivity contribution in [1.29, 1.82) is 0 Å². The van der Waals surface area contributed by atoms with Gasteiger partial charge in [0.2, 0.25) is 0 Å². The van der Waals surface area contributed by atoms with Gasteiger partial charge in [-0.1, -0.05) is 32.8 Å². The van der Waals surface area contributed by atoms with Crippen LogP contribution in [0.15, 0.2) is 12.1 Å². The number of hydrogen-bond acceptors (Lipinski definition) is 1. The van der Waals surface area contributed by atoms with E-state index in [-0.39, 0.29) is 22.8 Å². The van der Waals surface area contributed by atoms with Crippen LogP contribution in [0.1, 0.15) is 56.7 Å². The molecule has 1 unspecified atom stereocenters. The second-order valence-corrected chi connectivity index (χ2v) is 5.94. The van der Waals surface area contributed by atoms with Crippen molar-refractivity contribution in [2.45, 2.75) is 52.5 Å². The van der Waals surface area contributed by atoms with Gasteiger partial charge in [-0.05, 0) is 43.4 Å². The quantitative estimate of drug-likeness (QED) is 0.846. The summed E-state index contributed by atoms with van der Waals surface area (Å²) in [7, 11) is 0. The first-order chi connectivity index (χ1) is 8.99. The summed E-state index contributed by atoms with van der Waals surface area (Å²) < 4.78 is 28.5. The Balaban J connectivity index is 2.47. The van der Waals surface area contributed by atoms with Gasteiger partial charge >= 0.3 is 0 Å². The predicted molar refractivity (Wildman–Crippen MR) is 74.1 cm³/mol. The molecule has 0 amide bonds. The summed E-state index contributed by atoms with van der Waals surface area (Å²) in [6.45, 7) is 6.54. The molecule has 0 aliphatic heterocycles. The molecule has 1 fully saturated rings. The standard InChI is InChI=1S/C16H23F2N/c1-4-19-15(16(3)9-5-6-10-16)13-12(17)8-7-11(2)14(13)18/h7-8,15,19H,4-6,9-10H2,1-3H3. The van der Waals surface area contributed by atoms with Crippen LogP contribution < -0.4 is 5.32 Å². The Kier molecular flexibility index (Phi) is 4.24. The lowest BCUT2D eigenvalue weighted by Crippen LogP contribution is -2.36. The van der Waals surface area contributed by atoms with Crippen molar-refractivity contribution in [3.63, 3.8) is 0 Å². The molecule has 1 aliphatic rings. The van der Waals surface area contributed by atoms with Crippen LogP contribution in [0.2, 0.25) is 0 Å². The molecular formula is C16H23F2N. The maximum atomic E-state index is 14.4. The fourth-order valence-corrected chi connectivity index (χ4v) is 3.32. The van der Waals surface area contributed by atoms with Crippen LogP contribution >= 0.6 is 0 Å². The lowest BCUT2D eigenvalue weighted by Gasteiger charge is -2.35. The third kappa shape index (κ3) is 2.66. The molecule has 0 aromatic heterocycles. The first-order valence-corrected chi connectivity index (χ1v) is 7.17. The highest BCUT2D eigenvalue weighted by Crippen LogP contribution is 2.48. The van der Waals surface area contributed by atoms with Gasteiger partial charge in [0.05, 0.1) is 0 Å². The molecule has 0 radical (unpaired) electrons. The third-order valence-corrected chi connectivity index (χ3v) is 4.46. The van der Waals surface area contributed by atoms with Crippen LogP contribution in [0.3, 0.4) is 0 Å². The van der Waals surface area contributed by atoms with Crippen LogP contribution in [-0.4, -0.2) is 6.54 Å². The summed E-state index contributed by atoms with van der Waals surface area (Å²) in [5.41, 5.74) is 0.693. The normalized spacial score (nSPS) is 19.6. The molecule has 0 bridgehead atoms. The Morgan fingerprint density at radius 1 is 1.26 bits per heavy atom. The molecule has 1 nitrogen and oxygen atoms in total. The molecule has 106 valence electrons. The molecule has 1 N–H and O–H groups in total. The zero-order valence-electron chi connectivity index (χ0n) is 12.0. The van der Waals surface area contributed by atoms with E-state index in [0.29, 0.717) is 12.1 Å². The van der Waals surface area contributed by atoms with Crippen molar-refractivity contribution in [2.75, 3.05) is 6.54 Å². The van der Waals surface area contributed by atoms with Crippen molar-refractivity contribution >= 4 is 0 Å². The molecule has 0 heterocycles. The molecule has 1 aliphatic carbocycles. The lowest BCUT2D eigenvalue weighted by molar-refractivity contribution is 0.216. The lowest BCUT2D eigenvalue weighted by atomic mass is 9.76. The topological polar surface area (TPSA) is 12.0 Å². The van der Waals surface area contributed by atoms with E-state index in [0.717, 1.165) is 25.7 Å². The van der Waals surface area contributed by atoms with Crippen molar-refractivity contribution in [3.8, 4) is 0 Å². The molecule has 1 aromatic rings. The summed E-state index contributed by atoms with van der Waals surface area (Å²) in [5.74, 6) is -0.818. The summed E-state index contributed by atoms with van der Waals surface area (Å²) in [4.78, 5) is 0. The highest BCUT2D eigenvalue weighted by atomic mass is 19.1. The number of benzene rings is 1. The van der Waals surface area contributed by atoms with Crippen LogP contribution in [0, 0.1) is 24.0 Å². The van der Waals surface area contributed by atoms with Gasteiger partial charge in [-0.25, -0.2) is 8.78 Å². The Morgan fingerprint density at radius 3 is 2.47 bits per heavy atom. The Bertz CT molecular complexity index is 450. The van der Waals surface area contributed by atoms with Gasteiger partial charge in [-0.15, -0.1) is 0 Å². The number of halogens is 2. The van der Waals surface area contributed by atoms with Gasteiger partial charge in [-0.2, -0.15) is 0 Å². The van der Waals surface area contributed by atoms with E-state index >= 15 is 0 Å². The SMILES string of the molecule is CCNC(c1c(F)ccc(C)c1F)C1(C)CCCC1. The van der Waals surface area contributed by atoms with Crippen molar-refractivity contribution < 1.29 is 8.78 Å². The second-order valence-electron chi connectivity index (χ2n) is 5.94. The Hall–Kier alpha value is -0.960. The number of hydrogen-bond donors (Lipinski definition) is 1. The maximum absolute atomic E-state index is 14.4. The van der Waals surface area contributed by atoms with Gasteiger partial charge in [0.15, 0.2) is 0 Å². The van der Waals surface area contributed by atoms with Gasteiger partial charge < -0.3 is 5.32 Å². The Labute approximate surface area is 114 Å². The summed E-state index contributed by atoms with van der Waals surface area (Å²) in [6, 6.07) is 2.66. The van der Waals surface area contributed by atoms with E-state index in [1.807, 2.05) is 6.92 Å². The first kappa shape index (κ1) is 14.4. The molecule has 3 heteroatoms. The largest absolute Gasteiger partial charge is 0.310 e. The molecular weight excluding hydrogens is 244 g/mol. The fourth-order valence-electron chi connectivity index (χ4n) is 3.32. The second kappa shape index (κ2) is 5.58. The number of aryl methyl sites for hydroxylation is 1. The highest BCUT2D eigenvalue weighted by Gasteiger charge is 2.40. The van der Waals surface area contributed by atoms with E-state index in [1.165, 1.54) is 12.1 Å². The van der Waals surface area contributed by atoms with Crippen molar-refractivity contribution in [2.24, 2.45) is 5.41 Å².